The molecule has 2 N–H and O–H groups in total. The minimum Gasteiger partial charge on any atom is -0.457 e. The lowest BCUT2D eigenvalue weighted by Gasteiger charge is -2.16. The van der Waals surface area contributed by atoms with E-state index in [0.717, 1.165) is 26.8 Å². The summed E-state index contributed by atoms with van der Waals surface area (Å²) in [7, 11) is 0. The van der Waals surface area contributed by atoms with Crippen LogP contribution in [0.2, 0.25) is 0 Å². The molecule has 0 unspecified atom stereocenters. The Kier molecular flexibility index (Phi) is 6.39. The van der Waals surface area contributed by atoms with Gasteiger partial charge in [-0.15, -0.1) is 0 Å². The second-order valence-corrected chi connectivity index (χ2v) is 9.77. The maximum Gasteiger partial charge on any atom is 0.240 e. The number of benzene rings is 3. The largest absolute Gasteiger partial charge is 0.457 e. The summed E-state index contributed by atoms with van der Waals surface area (Å²) in [5, 5.41) is 6.34. The van der Waals surface area contributed by atoms with Gasteiger partial charge in [0.2, 0.25) is 24.6 Å². The Labute approximate surface area is 228 Å². The lowest BCUT2D eigenvalue weighted by atomic mass is 10.0. The van der Waals surface area contributed by atoms with E-state index in [-0.39, 0.29) is 12.5 Å². The van der Waals surface area contributed by atoms with Crippen LogP contribution in [0.25, 0.3) is 16.5 Å². The molecule has 1 fully saturated rings. The molecule has 0 saturated heterocycles. The number of carbonyl (C=O) groups excluding carboxylic acids is 2. The zero-order valence-electron chi connectivity index (χ0n) is 21.3. The Morgan fingerprint density at radius 1 is 0.900 bits per heavy atom. The Morgan fingerprint density at radius 2 is 1.57 bits per heavy atom. The Bertz CT molecular complexity index is 1710. The molecule has 2 heterocycles. The van der Waals surface area contributed by atoms with Crippen molar-refractivity contribution in [3.8, 4) is 11.5 Å². The van der Waals surface area contributed by atoms with Crippen molar-refractivity contribution in [1.82, 2.24) is 4.98 Å². The van der Waals surface area contributed by atoms with Gasteiger partial charge in [0.15, 0.2) is 0 Å². The highest BCUT2D eigenvalue weighted by Gasteiger charge is 2.56. The van der Waals surface area contributed by atoms with Crippen molar-refractivity contribution in [3.05, 3.63) is 114 Å². The van der Waals surface area contributed by atoms with Crippen LogP contribution >= 0.6 is 0 Å². The third kappa shape index (κ3) is 5.09. The first-order valence-corrected chi connectivity index (χ1v) is 12.8. The summed E-state index contributed by atoms with van der Waals surface area (Å²) in [6.07, 6.45) is 7.67. The first-order valence-electron chi connectivity index (χ1n) is 12.8. The lowest BCUT2D eigenvalue weighted by Crippen LogP contribution is -2.35. The molecule has 0 radical (unpaired) electrons. The fourth-order valence-corrected chi connectivity index (χ4v) is 4.58. The van der Waals surface area contributed by atoms with Crippen LogP contribution in [0.3, 0.4) is 0 Å². The number of amides is 2. The lowest BCUT2D eigenvalue weighted by molar-refractivity contribution is -0.466. The number of allylic oxidation sites excluding steroid dienone is 2. The number of carbonyl (C=O) groups is 2. The number of anilines is 2. The predicted octanol–water partition coefficient (Wildman–Crippen LogP) is 6.21. The van der Waals surface area contributed by atoms with Gasteiger partial charge in [-0.05, 0) is 91.2 Å². The molecular formula is C31H24FN4O4+. The van der Waals surface area contributed by atoms with Crippen LogP contribution < -0.4 is 15.4 Å². The first kappa shape index (κ1) is 25.1. The minimum absolute atomic E-state index is 0.279. The number of nitrogens with one attached hydrogen (secondary N) is 2. The van der Waals surface area contributed by atoms with Gasteiger partial charge in [-0.2, -0.15) is 0 Å². The Morgan fingerprint density at radius 3 is 2.23 bits per heavy atom. The van der Waals surface area contributed by atoms with Gasteiger partial charge in [0, 0.05) is 44.3 Å². The number of rotatable bonds is 7. The normalized spacial score (nSPS) is 15.3. The van der Waals surface area contributed by atoms with Crippen LogP contribution in [0, 0.1) is 16.1 Å². The van der Waals surface area contributed by atoms with E-state index in [0.29, 0.717) is 35.7 Å². The van der Waals surface area contributed by atoms with E-state index < -0.39 is 17.1 Å². The minimum atomic E-state index is -1.14. The number of hydrogen-bond acceptors (Lipinski definition) is 5. The molecule has 8 nitrogen and oxygen atoms in total. The zero-order valence-corrected chi connectivity index (χ0v) is 21.3. The van der Waals surface area contributed by atoms with E-state index in [2.05, 4.69) is 15.6 Å². The Hall–Kier alpha value is -5.18. The molecule has 1 aliphatic heterocycles. The number of fused-ring (bicyclic) bond motifs is 1. The number of hydrogen-bond donors (Lipinski definition) is 2. The van der Waals surface area contributed by atoms with Gasteiger partial charge >= 0.3 is 0 Å². The molecular weight excluding hydrogens is 511 g/mol. The number of halogens is 1. The van der Waals surface area contributed by atoms with Crippen LogP contribution in [0.5, 0.6) is 11.5 Å². The molecule has 2 amide bonds. The van der Waals surface area contributed by atoms with Gasteiger partial charge < -0.3 is 15.4 Å². The second-order valence-electron chi connectivity index (χ2n) is 9.77. The van der Waals surface area contributed by atoms with E-state index in [1.165, 1.54) is 30.5 Å². The summed E-state index contributed by atoms with van der Waals surface area (Å²) in [6.45, 7) is 0.279. The fourth-order valence-electron chi connectivity index (χ4n) is 4.58. The van der Waals surface area contributed by atoms with Crippen molar-refractivity contribution in [2.75, 3.05) is 17.2 Å². The first-order chi connectivity index (χ1) is 19.4. The highest BCUT2D eigenvalue weighted by atomic mass is 19.1. The molecule has 0 bridgehead atoms. The molecule has 4 aromatic rings. The summed E-state index contributed by atoms with van der Waals surface area (Å²) >= 11 is 0. The summed E-state index contributed by atoms with van der Waals surface area (Å²) in [5.74, 6) is -0.0252. The highest BCUT2D eigenvalue weighted by molar-refractivity contribution is 6.16. The second kappa shape index (κ2) is 10.2. The number of pyridine rings is 1. The fraction of sp³-hybridized carbons (Fsp3) is 0.129. The highest BCUT2D eigenvalue weighted by Crippen LogP contribution is 2.47. The summed E-state index contributed by atoms with van der Waals surface area (Å²) in [6, 6.07) is 19.9. The topological polar surface area (TPSA) is 100 Å². The van der Waals surface area contributed by atoms with Gasteiger partial charge in [0.1, 0.15) is 22.7 Å². The molecule has 0 atom stereocenters. The van der Waals surface area contributed by atoms with Gasteiger partial charge in [-0.1, -0.05) is 6.07 Å². The zero-order chi connectivity index (χ0) is 27.7. The van der Waals surface area contributed by atoms with Crippen molar-refractivity contribution in [2.45, 2.75) is 12.8 Å². The molecule has 2 aliphatic rings. The average molecular weight is 536 g/mol. The molecule has 0 spiro atoms. The van der Waals surface area contributed by atoms with Crippen LogP contribution in [0.15, 0.2) is 97.3 Å². The molecule has 6 rings (SSSR count). The van der Waals surface area contributed by atoms with E-state index in [9.17, 15) is 18.9 Å². The number of nitroso groups, excluding NO2 is 1. The van der Waals surface area contributed by atoms with E-state index in [1.807, 2.05) is 24.3 Å². The summed E-state index contributed by atoms with van der Waals surface area (Å²) < 4.78 is 20.1. The molecule has 198 valence electrons. The number of ether oxygens (including phenoxy) is 1. The van der Waals surface area contributed by atoms with Crippen molar-refractivity contribution in [1.29, 1.82) is 0 Å². The number of nitrogens with zero attached hydrogens (tertiary/aromatic N) is 2. The summed E-state index contributed by atoms with van der Waals surface area (Å²) in [4.78, 5) is 41.9. The predicted molar refractivity (Wildman–Crippen MR) is 149 cm³/mol. The smallest absolute Gasteiger partial charge is 0.240 e. The van der Waals surface area contributed by atoms with E-state index >= 15 is 0 Å². The van der Waals surface area contributed by atoms with Gasteiger partial charge in [-0.3, -0.25) is 14.6 Å². The van der Waals surface area contributed by atoms with Crippen molar-refractivity contribution in [2.24, 2.45) is 5.41 Å². The molecule has 40 heavy (non-hydrogen) atoms. The Balaban J connectivity index is 1.12. The van der Waals surface area contributed by atoms with Crippen molar-refractivity contribution in [3.63, 3.8) is 0 Å². The van der Waals surface area contributed by atoms with Gasteiger partial charge in [0.25, 0.3) is 0 Å². The molecule has 3 aromatic carbocycles. The van der Waals surface area contributed by atoms with Crippen molar-refractivity contribution >= 4 is 39.7 Å². The van der Waals surface area contributed by atoms with Crippen LogP contribution in [0.1, 0.15) is 18.4 Å². The third-order valence-corrected chi connectivity index (χ3v) is 7.01. The van der Waals surface area contributed by atoms with Crippen LogP contribution in [0.4, 0.5) is 15.8 Å². The monoisotopic (exact) mass is 535 g/mol. The van der Waals surface area contributed by atoms with Crippen LogP contribution in [-0.4, -0.2) is 28.1 Å². The van der Waals surface area contributed by atoms with E-state index in [4.69, 9.17) is 4.74 Å². The number of aromatic nitrogens is 1. The van der Waals surface area contributed by atoms with Gasteiger partial charge in [0.05, 0.1) is 5.52 Å². The van der Waals surface area contributed by atoms with Crippen molar-refractivity contribution < 1.29 is 23.5 Å². The van der Waals surface area contributed by atoms with Gasteiger partial charge in [-0.25, -0.2) is 4.39 Å². The molecule has 9 heteroatoms. The standard InChI is InChI=1S/C31H23FN4O4/c32-22-4-6-23(7-5-22)34-29(37)31(14-15-31)30(38)35-24-8-10-25(11-9-24)40-28-13-16-33-27-18-20(3-12-26(27)28)21-2-1-17-36(39)19-21/h1-13,16-18H,14-15,19H2,(H-,34,35,37,38)/p+1. The average Bonchev–Trinajstić information content (AvgIpc) is 3.78. The SMILES string of the molecule is O=C(Nc1ccc(F)cc1)C1(C(=O)Nc2ccc(Oc3ccnc4cc(C5=CC=C[N+](=O)C5)ccc34)cc2)CC1. The quantitative estimate of drug-likeness (QED) is 0.216. The third-order valence-electron chi connectivity index (χ3n) is 7.01. The maximum absolute atomic E-state index is 13.1. The molecule has 1 aliphatic carbocycles. The summed E-state index contributed by atoms with van der Waals surface area (Å²) in [5.41, 5.74) is 2.39. The molecule has 1 saturated carbocycles. The molecule has 1 aromatic heterocycles. The maximum atomic E-state index is 13.1. The van der Waals surface area contributed by atoms with Crippen LogP contribution in [-0.2, 0) is 9.59 Å². The van der Waals surface area contributed by atoms with E-state index in [1.54, 1.807) is 42.6 Å².